The molecule has 258 valence electrons. The lowest BCUT2D eigenvalue weighted by Crippen LogP contribution is -2.66. The normalized spacial score (nSPS) is 23.0. The molecule has 1 aliphatic rings. The summed E-state index contributed by atoms with van der Waals surface area (Å²) in [4.78, 5) is 80.5. The van der Waals surface area contributed by atoms with Crippen LogP contribution in [-0.4, -0.2) is 95.3 Å². The molecule has 0 spiro atoms. The van der Waals surface area contributed by atoms with E-state index in [-0.39, 0.29) is 28.1 Å². The zero-order valence-corrected chi connectivity index (χ0v) is 26.5. The Morgan fingerprint density at radius 2 is 1.35 bits per heavy atom. The van der Waals surface area contributed by atoms with Gasteiger partial charge in [0.2, 0.25) is 17.2 Å². The van der Waals surface area contributed by atoms with Crippen molar-refractivity contribution in [2.24, 2.45) is 0 Å². The maximum Gasteiger partial charge on any atom is 0.490 e. The van der Waals surface area contributed by atoms with Gasteiger partial charge in [-0.15, -0.1) is 0 Å². The molecule has 0 saturated carbocycles. The molecule has 1 fully saturated rings. The molecule has 0 aliphatic carbocycles. The smallest absolute Gasteiger partial charge is 0.394 e. The van der Waals surface area contributed by atoms with Crippen LogP contribution in [0, 0.1) is 0 Å². The Hall–Kier alpha value is -3.62. The van der Waals surface area contributed by atoms with Crippen LogP contribution in [0.3, 0.4) is 0 Å². The fraction of sp³-hybridized carbons (Fsp3) is 0.208. The molecule has 1 saturated heterocycles. The van der Waals surface area contributed by atoms with E-state index in [0.29, 0.717) is 0 Å². The molecule has 4 aromatic rings. The third-order valence-corrected chi connectivity index (χ3v) is 10.00. The first-order valence-electron chi connectivity index (χ1n) is 13.0. The summed E-state index contributed by atoms with van der Waals surface area (Å²) in [5.74, 6) is -1.86. The number of carbonyl (C=O) groups excluding carboxylic acids is 2. The fourth-order valence-corrected chi connectivity index (χ4v) is 7.34. The maximum atomic E-state index is 14.2. The van der Waals surface area contributed by atoms with Crippen LogP contribution in [0.1, 0.15) is 20.7 Å². The van der Waals surface area contributed by atoms with Crippen molar-refractivity contribution in [1.29, 1.82) is 0 Å². The number of hydrogen-bond acceptors (Lipinski definition) is 15. The molecular weight excluding hydrogens is 707 g/mol. The number of rotatable bonds is 10. The zero-order chi connectivity index (χ0) is 35.7. The van der Waals surface area contributed by atoms with E-state index in [0.717, 1.165) is 17.2 Å². The molecule has 2 aromatic carbocycles. The summed E-state index contributed by atoms with van der Waals surface area (Å²) in [5.41, 5.74) is 0.572. The Kier molecular flexibility index (Phi) is 10.6. The van der Waals surface area contributed by atoms with Gasteiger partial charge >= 0.3 is 23.5 Å². The number of carbonyl (C=O) groups is 2. The van der Waals surface area contributed by atoms with Crippen molar-refractivity contribution in [1.82, 2.24) is 19.5 Å². The van der Waals surface area contributed by atoms with E-state index >= 15 is 0 Å². The van der Waals surface area contributed by atoms with Gasteiger partial charge in [-0.3, -0.25) is 14.2 Å². The second-order valence-corrected chi connectivity index (χ2v) is 13.9. The summed E-state index contributed by atoms with van der Waals surface area (Å²) in [7, 11) is -16.2. The van der Waals surface area contributed by atoms with Crippen molar-refractivity contribution in [2.45, 2.75) is 23.5 Å². The number of aromatic nitrogens is 4. The Morgan fingerprint density at radius 1 is 0.854 bits per heavy atom. The Bertz CT molecular complexity index is 1930. The number of phosphoric acid groups is 3. The first-order valence-corrected chi connectivity index (χ1v) is 17.5. The number of nitrogens with two attached hydrogens (primary N) is 1. The van der Waals surface area contributed by atoms with E-state index < -0.39 is 65.2 Å². The topological polar surface area (TPSA) is 344 Å². The standard InChI is InChI=1S/C24H21N5O6.H5O10P3/c25-21-17-22(27-12-26-21)29(13-28-17)24(19(32)15-9-5-2-6-10-15)23(34,20(33)16(11-30)35-24)18(31)14-7-3-1-4-8-14;1-11(2,3)9-13(7,8)10-12(4,5)6/h1-10,12-13,16,20,30,33-34H,11H2,(H2,25,26,27);(H,7,8)(H2,1,2,3)(H2,4,5,6)/t16-,20-,23-,24-;/m1./s1. The summed E-state index contributed by atoms with van der Waals surface area (Å²) in [6.45, 7) is -0.793. The van der Waals surface area contributed by atoms with E-state index in [1.54, 1.807) is 36.4 Å². The highest BCUT2D eigenvalue weighted by Gasteiger charge is 2.74. The average Bonchev–Trinajstić information content (AvgIpc) is 3.54. The van der Waals surface area contributed by atoms with Crippen molar-refractivity contribution in [3.8, 4) is 0 Å². The van der Waals surface area contributed by atoms with Gasteiger partial charge < -0.3 is 50.3 Å². The molecule has 21 nitrogen and oxygen atoms in total. The Balaban J connectivity index is 0.000000341. The lowest BCUT2D eigenvalue weighted by Gasteiger charge is -2.40. The van der Waals surface area contributed by atoms with Crippen molar-refractivity contribution < 1.29 is 76.4 Å². The largest absolute Gasteiger partial charge is 0.490 e. The van der Waals surface area contributed by atoms with Crippen LogP contribution >= 0.6 is 23.5 Å². The quantitative estimate of drug-likeness (QED) is 0.0740. The lowest BCUT2D eigenvalue weighted by atomic mass is 9.76. The van der Waals surface area contributed by atoms with Crippen LogP contribution in [0.5, 0.6) is 0 Å². The Morgan fingerprint density at radius 3 is 1.83 bits per heavy atom. The number of nitrogen functional groups attached to an aromatic ring is 1. The molecule has 0 radical (unpaired) electrons. The highest BCUT2D eigenvalue weighted by molar-refractivity contribution is 7.66. The first-order chi connectivity index (χ1) is 22.3. The van der Waals surface area contributed by atoms with Gasteiger partial charge in [-0.2, -0.15) is 8.62 Å². The van der Waals surface area contributed by atoms with Crippen molar-refractivity contribution in [3.05, 3.63) is 84.4 Å². The van der Waals surface area contributed by atoms with Crippen LogP contribution in [0.25, 0.3) is 11.2 Å². The van der Waals surface area contributed by atoms with Gasteiger partial charge in [0.15, 0.2) is 11.5 Å². The molecule has 2 aromatic heterocycles. The van der Waals surface area contributed by atoms with Crippen molar-refractivity contribution in [2.75, 3.05) is 12.3 Å². The van der Waals surface area contributed by atoms with E-state index in [2.05, 4.69) is 23.6 Å². The third-order valence-electron chi connectivity index (χ3n) is 6.64. The second kappa shape index (κ2) is 13.7. The van der Waals surface area contributed by atoms with E-state index in [9.17, 15) is 38.6 Å². The zero-order valence-electron chi connectivity index (χ0n) is 23.8. The summed E-state index contributed by atoms with van der Waals surface area (Å²) in [6.07, 6.45) is -1.24. The van der Waals surface area contributed by atoms with Gasteiger partial charge in [-0.1, -0.05) is 60.7 Å². The minimum Gasteiger partial charge on any atom is -0.394 e. The number of imidazole rings is 1. The van der Waals surface area contributed by atoms with Crippen LogP contribution in [0.15, 0.2) is 73.3 Å². The number of hydrogen-bond donors (Lipinski definition) is 9. The number of aliphatic hydroxyl groups excluding tert-OH is 2. The molecule has 4 atom stereocenters. The molecular formula is C24H26N5O16P3. The van der Waals surface area contributed by atoms with Crippen molar-refractivity contribution >= 4 is 52.0 Å². The third kappa shape index (κ3) is 7.35. The number of fused-ring (bicyclic) bond motifs is 1. The molecule has 48 heavy (non-hydrogen) atoms. The van der Waals surface area contributed by atoms with Gasteiger partial charge in [0, 0.05) is 11.1 Å². The van der Waals surface area contributed by atoms with Crippen LogP contribution in [0.2, 0.25) is 0 Å². The van der Waals surface area contributed by atoms with Crippen LogP contribution in [-0.2, 0) is 32.8 Å². The van der Waals surface area contributed by atoms with Gasteiger partial charge in [0.1, 0.15) is 30.4 Å². The highest BCUT2D eigenvalue weighted by Crippen LogP contribution is 2.64. The number of ketones is 2. The van der Waals surface area contributed by atoms with Gasteiger partial charge in [-0.05, 0) is 0 Å². The molecule has 0 amide bonds. The molecule has 0 bridgehead atoms. The number of nitrogens with zero attached hydrogens (tertiary/aromatic N) is 4. The van der Waals surface area contributed by atoms with Crippen molar-refractivity contribution in [3.63, 3.8) is 0 Å². The number of Topliss-reactive ketones (excluding diaryl/α,β-unsaturated/α-hetero) is 2. The minimum absolute atomic E-state index is 0.00811. The van der Waals surface area contributed by atoms with Gasteiger partial charge in [0.25, 0.3) is 5.72 Å². The predicted molar refractivity (Wildman–Crippen MR) is 158 cm³/mol. The summed E-state index contributed by atoms with van der Waals surface area (Å²) in [6, 6.07) is 15.5. The molecule has 1 aliphatic heterocycles. The van der Waals surface area contributed by atoms with Crippen LogP contribution < -0.4 is 5.73 Å². The molecule has 0 unspecified atom stereocenters. The SMILES string of the molecule is Nc1ncnc2c1ncn2[C@]1(C(=O)c2ccccc2)O[C@H](CO)[C@@H](O)[C@]1(O)C(=O)c1ccccc1.O=P(O)(O)OP(=O)(O)OP(=O)(O)O. The molecule has 10 N–H and O–H groups in total. The monoisotopic (exact) mass is 733 g/mol. The molecule has 5 rings (SSSR count). The summed E-state index contributed by atoms with van der Waals surface area (Å²) in [5, 5.41) is 33.3. The Labute approximate surface area is 268 Å². The fourth-order valence-electron chi connectivity index (χ4n) is 4.81. The molecule has 24 heteroatoms. The van der Waals surface area contributed by atoms with E-state index in [4.69, 9.17) is 34.9 Å². The maximum absolute atomic E-state index is 14.2. The number of benzene rings is 2. The first kappa shape index (κ1) is 37.2. The highest BCUT2D eigenvalue weighted by atomic mass is 31.3. The van der Waals surface area contributed by atoms with Gasteiger partial charge in [0.05, 0.1) is 6.61 Å². The predicted octanol–water partition coefficient (Wildman–Crippen LogP) is -0.384. The van der Waals surface area contributed by atoms with Gasteiger partial charge in [-0.25, -0.2) is 28.6 Å². The average molecular weight is 733 g/mol. The van der Waals surface area contributed by atoms with E-state index in [1.807, 2.05) is 0 Å². The van der Waals surface area contributed by atoms with E-state index in [1.165, 1.54) is 24.3 Å². The summed E-state index contributed by atoms with van der Waals surface area (Å²) < 4.78 is 43.4. The lowest BCUT2D eigenvalue weighted by molar-refractivity contribution is -0.140. The number of aliphatic hydroxyl groups is 3. The number of anilines is 1. The minimum atomic E-state index is -5.46. The number of ether oxygens (including phenoxy) is 1. The summed E-state index contributed by atoms with van der Waals surface area (Å²) >= 11 is 0. The second-order valence-electron chi connectivity index (χ2n) is 9.74. The van der Waals surface area contributed by atoms with Crippen LogP contribution in [0.4, 0.5) is 5.82 Å². The molecule has 3 heterocycles.